The van der Waals surface area contributed by atoms with E-state index in [1.807, 2.05) is 25.8 Å². The van der Waals surface area contributed by atoms with Crippen LogP contribution in [0.4, 0.5) is 0 Å². The second kappa shape index (κ2) is 5.74. The van der Waals surface area contributed by atoms with Crippen LogP contribution >= 0.6 is 0 Å². The van der Waals surface area contributed by atoms with E-state index in [2.05, 4.69) is 5.10 Å². The standard InChI is InChI=1S/C14H24N4O/c1-10-13(11(2)17(3)16-10)14(19)18(9-8-15)12-6-4-5-7-12/h12H,4-9,15H2,1-3H3. The van der Waals surface area contributed by atoms with Crippen LogP contribution in [-0.2, 0) is 7.05 Å². The maximum Gasteiger partial charge on any atom is 0.257 e. The van der Waals surface area contributed by atoms with Crippen molar-refractivity contribution in [1.29, 1.82) is 0 Å². The van der Waals surface area contributed by atoms with Gasteiger partial charge in [-0.1, -0.05) is 12.8 Å². The number of rotatable bonds is 4. The van der Waals surface area contributed by atoms with E-state index in [0.29, 0.717) is 19.1 Å². The summed E-state index contributed by atoms with van der Waals surface area (Å²) in [4.78, 5) is 14.8. The molecule has 0 radical (unpaired) electrons. The molecule has 0 spiro atoms. The molecule has 0 saturated heterocycles. The number of aromatic nitrogens is 2. The minimum atomic E-state index is 0.0976. The van der Waals surface area contributed by atoms with E-state index in [4.69, 9.17) is 5.73 Å². The smallest absolute Gasteiger partial charge is 0.257 e. The Morgan fingerprint density at radius 1 is 1.42 bits per heavy atom. The molecule has 1 aromatic heterocycles. The molecule has 5 nitrogen and oxygen atoms in total. The first kappa shape index (κ1) is 14.1. The zero-order valence-corrected chi connectivity index (χ0v) is 12.1. The lowest BCUT2D eigenvalue weighted by atomic mass is 10.1. The van der Waals surface area contributed by atoms with Gasteiger partial charge < -0.3 is 10.6 Å². The van der Waals surface area contributed by atoms with Crippen LogP contribution in [0, 0.1) is 13.8 Å². The highest BCUT2D eigenvalue weighted by Crippen LogP contribution is 2.26. The molecule has 0 bridgehead atoms. The Hall–Kier alpha value is -1.36. The first-order chi connectivity index (χ1) is 9.06. The van der Waals surface area contributed by atoms with Gasteiger partial charge >= 0.3 is 0 Å². The van der Waals surface area contributed by atoms with E-state index >= 15 is 0 Å². The van der Waals surface area contributed by atoms with Crippen molar-refractivity contribution in [2.45, 2.75) is 45.6 Å². The van der Waals surface area contributed by atoms with Crippen LogP contribution in [-0.4, -0.2) is 39.7 Å². The predicted molar refractivity (Wildman–Crippen MR) is 75.0 cm³/mol. The first-order valence-electron chi connectivity index (χ1n) is 7.07. The molecule has 1 heterocycles. The fourth-order valence-corrected chi connectivity index (χ4v) is 3.03. The molecule has 1 aromatic rings. The highest BCUT2D eigenvalue weighted by atomic mass is 16.2. The number of carbonyl (C=O) groups excluding carboxylic acids is 1. The van der Waals surface area contributed by atoms with Gasteiger partial charge in [-0.3, -0.25) is 9.48 Å². The van der Waals surface area contributed by atoms with Gasteiger partial charge in [-0.15, -0.1) is 0 Å². The Morgan fingerprint density at radius 3 is 2.53 bits per heavy atom. The number of nitrogens with two attached hydrogens (primary N) is 1. The summed E-state index contributed by atoms with van der Waals surface area (Å²) in [6.07, 6.45) is 4.63. The van der Waals surface area contributed by atoms with Gasteiger partial charge in [0.05, 0.1) is 11.3 Å². The summed E-state index contributed by atoms with van der Waals surface area (Å²) in [5.74, 6) is 0.0976. The van der Waals surface area contributed by atoms with Crippen molar-refractivity contribution in [3.8, 4) is 0 Å². The Kier molecular flexibility index (Phi) is 4.24. The molecule has 2 rings (SSSR count). The SMILES string of the molecule is Cc1nn(C)c(C)c1C(=O)N(CCN)C1CCCC1. The van der Waals surface area contributed by atoms with Gasteiger partial charge in [0, 0.05) is 31.9 Å². The quantitative estimate of drug-likeness (QED) is 0.893. The largest absolute Gasteiger partial charge is 0.334 e. The van der Waals surface area contributed by atoms with Crippen LogP contribution in [0.15, 0.2) is 0 Å². The third-order valence-corrected chi connectivity index (χ3v) is 4.12. The Morgan fingerprint density at radius 2 is 2.05 bits per heavy atom. The van der Waals surface area contributed by atoms with Crippen molar-refractivity contribution < 1.29 is 4.79 Å². The van der Waals surface area contributed by atoms with Crippen molar-refractivity contribution in [2.24, 2.45) is 12.8 Å². The lowest BCUT2D eigenvalue weighted by Crippen LogP contribution is -2.42. The molecule has 19 heavy (non-hydrogen) atoms. The maximum atomic E-state index is 12.8. The molecular weight excluding hydrogens is 240 g/mol. The summed E-state index contributed by atoms with van der Waals surface area (Å²) in [7, 11) is 1.88. The monoisotopic (exact) mass is 264 g/mol. The second-order valence-corrected chi connectivity index (χ2v) is 5.39. The minimum absolute atomic E-state index is 0.0976. The number of carbonyl (C=O) groups is 1. The molecule has 106 valence electrons. The van der Waals surface area contributed by atoms with Crippen molar-refractivity contribution >= 4 is 5.91 Å². The summed E-state index contributed by atoms with van der Waals surface area (Å²) < 4.78 is 1.78. The van der Waals surface area contributed by atoms with Crippen LogP contribution in [0.2, 0.25) is 0 Å². The molecule has 1 fully saturated rings. The maximum absolute atomic E-state index is 12.8. The summed E-state index contributed by atoms with van der Waals surface area (Å²) in [5, 5.41) is 4.34. The predicted octanol–water partition coefficient (Wildman–Crippen LogP) is 1.38. The summed E-state index contributed by atoms with van der Waals surface area (Å²) in [6, 6.07) is 0.357. The Bertz CT molecular complexity index is 460. The molecule has 0 aliphatic heterocycles. The molecular formula is C14H24N4O. The van der Waals surface area contributed by atoms with Gasteiger partial charge in [0.25, 0.3) is 5.91 Å². The van der Waals surface area contributed by atoms with Crippen LogP contribution in [0.5, 0.6) is 0 Å². The molecule has 1 amide bonds. The fraction of sp³-hybridized carbons (Fsp3) is 0.714. The lowest BCUT2D eigenvalue weighted by Gasteiger charge is -2.28. The Labute approximate surface area is 114 Å². The third kappa shape index (κ3) is 2.66. The molecule has 0 atom stereocenters. The fourth-order valence-electron chi connectivity index (χ4n) is 3.03. The summed E-state index contributed by atoms with van der Waals surface area (Å²) in [6.45, 7) is 5.00. The third-order valence-electron chi connectivity index (χ3n) is 4.12. The van der Waals surface area contributed by atoms with Gasteiger partial charge in [-0.05, 0) is 26.7 Å². The molecule has 5 heteroatoms. The van der Waals surface area contributed by atoms with Crippen LogP contribution in [0.3, 0.4) is 0 Å². The average Bonchev–Trinajstić information content (AvgIpc) is 2.96. The normalized spacial score (nSPS) is 16.0. The number of amides is 1. The zero-order valence-electron chi connectivity index (χ0n) is 12.1. The second-order valence-electron chi connectivity index (χ2n) is 5.39. The van der Waals surface area contributed by atoms with Crippen molar-refractivity contribution in [2.75, 3.05) is 13.1 Å². The van der Waals surface area contributed by atoms with Crippen molar-refractivity contribution in [3.05, 3.63) is 17.0 Å². The number of aryl methyl sites for hydroxylation is 2. The van der Waals surface area contributed by atoms with Gasteiger partial charge in [-0.25, -0.2) is 0 Å². The van der Waals surface area contributed by atoms with Crippen LogP contribution < -0.4 is 5.73 Å². The average molecular weight is 264 g/mol. The molecule has 0 unspecified atom stereocenters. The highest BCUT2D eigenvalue weighted by Gasteiger charge is 2.29. The van der Waals surface area contributed by atoms with Gasteiger partial charge in [0.1, 0.15) is 0 Å². The molecule has 1 saturated carbocycles. The van der Waals surface area contributed by atoms with E-state index < -0.39 is 0 Å². The van der Waals surface area contributed by atoms with Gasteiger partial charge in [0.2, 0.25) is 0 Å². The molecule has 0 aromatic carbocycles. The zero-order chi connectivity index (χ0) is 14.0. The van der Waals surface area contributed by atoms with E-state index in [-0.39, 0.29) is 5.91 Å². The highest BCUT2D eigenvalue weighted by molar-refractivity contribution is 5.96. The number of hydrogen-bond donors (Lipinski definition) is 1. The van der Waals surface area contributed by atoms with E-state index in [1.165, 1.54) is 12.8 Å². The summed E-state index contributed by atoms with van der Waals surface area (Å²) >= 11 is 0. The first-order valence-corrected chi connectivity index (χ1v) is 7.07. The van der Waals surface area contributed by atoms with Gasteiger partial charge in [-0.2, -0.15) is 5.10 Å². The van der Waals surface area contributed by atoms with E-state index in [9.17, 15) is 4.79 Å². The molecule has 2 N–H and O–H groups in total. The topological polar surface area (TPSA) is 64.2 Å². The van der Waals surface area contributed by atoms with Crippen molar-refractivity contribution in [3.63, 3.8) is 0 Å². The number of nitrogens with zero attached hydrogens (tertiary/aromatic N) is 3. The van der Waals surface area contributed by atoms with Gasteiger partial charge in [0.15, 0.2) is 0 Å². The Balaban J connectivity index is 2.28. The van der Waals surface area contributed by atoms with Crippen LogP contribution in [0.25, 0.3) is 0 Å². The minimum Gasteiger partial charge on any atom is -0.334 e. The molecule has 1 aliphatic carbocycles. The van der Waals surface area contributed by atoms with Crippen molar-refractivity contribution in [1.82, 2.24) is 14.7 Å². The van der Waals surface area contributed by atoms with E-state index in [0.717, 1.165) is 29.8 Å². The van der Waals surface area contributed by atoms with Crippen LogP contribution in [0.1, 0.15) is 47.4 Å². The lowest BCUT2D eigenvalue weighted by molar-refractivity contribution is 0.0686. The number of hydrogen-bond acceptors (Lipinski definition) is 3. The summed E-state index contributed by atoms with van der Waals surface area (Å²) in [5.41, 5.74) is 8.18. The van der Waals surface area contributed by atoms with E-state index in [1.54, 1.807) is 4.68 Å². The molecule has 1 aliphatic rings.